The van der Waals surface area contributed by atoms with Gasteiger partial charge in [0.05, 0.1) is 0 Å². The summed E-state index contributed by atoms with van der Waals surface area (Å²) in [5, 5.41) is 0. The number of benzene rings is 2. The van der Waals surface area contributed by atoms with Crippen LogP contribution in [0.4, 0.5) is 0 Å². The predicted octanol–water partition coefficient (Wildman–Crippen LogP) is 5.81. The fourth-order valence-corrected chi connectivity index (χ4v) is 4.36. The molecule has 3 rings (SSSR count). The number of thioether (sulfide) groups is 1. The minimum Gasteiger partial charge on any atom is -0.352 e. The lowest BCUT2D eigenvalue weighted by atomic mass is 9.95. The number of carbonyl (C=O) groups excluding carboxylic acids is 1. The molecule has 0 amide bonds. The molecule has 0 aliphatic carbocycles. The van der Waals surface area contributed by atoms with E-state index in [4.69, 9.17) is 9.47 Å². The molecule has 0 saturated carbocycles. The molecule has 1 heterocycles. The standard InChI is InChI=1S/C23H28O3S/c1-4-12-25-23(26-13-5-2)16(3)17-10-11-20-21(14-17)27-15-18-8-6-7-9-19(18)22(20)24/h6-11,14,16,23H,4-5,12-13,15H2,1-3H3. The second-order valence-corrected chi connectivity index (χ2v) is 7.95. The van der Waals surface area contributed by atoms with Crippen LogP contribution in [0.15, 0.2) is 47.4 Å². The van der Waals surface area contributed by atoms with E-state index in [-0.39, 0.29) is 18.0 Å². The van der Waals surface area contributed by atoms with Gasteiger partial charge in [-0.2, -0.15) is 0 Å². The summed E-state index contributed by atoms with van der Waals surface area (Å²) >= 11 is 1.73. The summed E-state index contributed by atoms with van der Waals surface area (Å²) in [5.41, 5.74) is 3.87. The van der Waals surface area contributed by atoms with Crippen LogP contribution < -0.4 is 0 Å². The topological polar surface area (TPSA) is 35.5 Å². The first kappa shape index (κ1) is 20.1. The zero-order chi connectivity index (χ0) is 19.2. The van der Waals surface area contributed by atoms with Gasteiger partial charge in [0, 0.05) is 40.9 Å². The molecule has 1 aliphatic heterocycles. The van der Waals surface area contributed by atoms with Crippen molar-refractivity contribution in [3.8, 4) is 0 Å². The van der Waals surface area contributed by atoms with Crippen molar-refractivity contribution >= 4 is 17.5 Å². The van der Waals surface area contributed by atoms with Crippen molar-refractivity contribution in [3.63, 3.8) is 0 Å². The van der Waals surface area contributed by atoms with E-state index >= 15 is 0 Å². The average molecular weight is 385 g/mol. The summed E-state index contributed by atoms with van der Waals surface area (Å²) in [6.45, 7) is 7.71. The van der Waals surface area contributed by atoms with Crippen molar-refractivity contribution in [1.29, 1.82) is 0 Å². The van der Waals surface area contributed by atoms with Gasteiger partial charge >= 0.3 is 0 Å². The first-order valence-electron chi connectivity index (χ1n) is 9.78. The first-order chi connectivity index (χ1) is 13.2. The van der Waals surface area contributed by atoms with E-state index < -0.39 is 0 Å². The van der Waals surface area contributed by atoms with Crippen LogP contribution in [0.5, 0.6) is 0 Å². The first-order valence-corrected chi connectivity index (χ1v) is 10.8. The molecule has 0 bridgehead atoms. The Morgan fingerprint density at radius 2 is 1.70 bits per heavy atom. The summed E-state index contributed by atoms with van der Waals surface area (Å²) < 4.78 is 11.9. The maximum absolute atomic E-state index is 13.0. The van der Waals surface area contributed by atoms with Crippen LogP contribution in [0.3, 0.4) is 0 Å². The third-order valence-corrected chi connectivity index (χ3v) is 5.91. The van der Waals surface area contributed by atoms with Gasteiger partial charge in [0.2, 0.25) is 0 Å². The number of hydrogen-bond acceptors (Lipinski definition) is 4. The van der Waals surface area contributed by atoms with Crippen LogP contribution in [0.2, 0.25) is 0 Å². The maximum Gasteiger partial charge on any atom is 0.194 e. The van der Waals surface area contributed by atoms with Gasteiger partial charge in [-0.15, -0.1) is 11.8 Å². The molecular formula is C23H28O3S. The van der Waals surface area contributed by atoms with Crippen molar-refractivity contribution in [1.82, 2.24) is 0 Å². The second-order valence-electron chi connectivity index (χ2n) is 6.93. The Morgan fingerprint density at radius 1 is 1.00 bits per heavy atom. The SMILES string of the molecule is CCCOC(OCCC)C(C)c1ccc2c(c1)SCc1ccccc1C2=O. The molecule has 0 aromatic heterocycles. The van der Waals surface area contributed by atoms with Gasteiger partial charge in [-0.3, -0.25) is 4.79 Å². The van der Waals surface area contributed by atoms with Crippen LogP contribution >= 0.6 is 11.8 Å². The maximum atomic E-state index is 13.0. The third-order valence-electron chi connectivity index (χ3n) is 4.80. The van der Waals surface area contributed by atoms with E-state index in [1.807, 2.05) is 36.4 Å². The van der Waals surface area contributed by atoms with E-state index in [0.29, 0.717) is 13.2 Å². The largest absolute Gasteiger partial charge is 0.352 e. The third kappa shape index (κ3) is 4.63. The lowest BCUT2D eigenvalue weighted by Crippen LogP contribution is -2.25. The van der Waals surface area contributed by atoms with Crippen LogP contribution in [0, 0.1) is 0 Å². The number of rotatable bonds is 8. The monoisotopic (exact) mass is 384 g/mol. The molecule has 0 N–H and O–H groups in total. The highest BCUT2D eigenvalue weighted by molar-refractivity contribution is 7.98. The lowest BCUT2D eigenvalue weighted by molar-refractivity contribution is -0.153. The van der Waals surface area contributed by atoms with Gasteiger partial charge in [-0.25, -0.2) is 0 Å². The van der Waals surface area contributed by atoms with Gasteiger partial charge in [0.1, 0.15) is 0 Å². The highest BCUT2D eigenvalue weighted by Crippen LogP contribution is 2.36. The fraction of sp³-hybridized carbons (Fsp3) is 0.435. The van der Waals surface area contributed by atoms with Gasteiger partial charge < -0.3 is 9.47 Å². The number of ketones is 1. The van der Waals surface area contributed by atoms with E-state index in [1.165, 1.54) is 0 Å². The van der Waals surface area contributed by atoms with E-state index in [1.54, 1.807) is 11.8 Å². The summed E-state index contributed by atoms with van der Waals surface area (Å²) in [7, 11) is 0. The molecule has 1 aliphatic rings. The Bertz CT molecular complexity index is 779. The molecule has 1 unspecified atom stereocenters. The number of ether oxygens (including phenoxy) is 2. The minimum absolute atomic E-state index is 0.106. The van der Waals surface area contributed by atoms with Crippen LogP contribution in [0.1, 0.15) is 66.6 Å². The van der Waals surface area contributed by atoms with Crippen LogP contribution in [0.25, 0.3) is 0 Å². The highest BCUT2D eigenvalue weighted by atomic mass is 32.2. The second kappa shape index (κ2) is 9.54. The minimum atomic E-state index is -0.258. The van der Waals surface area contributed by atoms with Gasteiger partial charge in [-0.05, 0) is 36.1 Å². The smallest absolute Gasteiger partial charge is 0.194 e. The van der Waals surface area contributed by atoms with Crippen molar-refractivity contribution < 1.29 is 14.3 Å². The Morgan fingerprint density at radius 3 is 2.41 bits per heavy atom. The number of fused-ring (bicyclic) bond motifs is 2. The molecule has 3 nitrogen and oxygen atoms in total. The fourth-order valence-electron chi connectivity index (χ4n) is 3.26. The molecule has 2 aromatic rings. The molecule has 144 valence electrons. The molecule has 1 atom stereocenters. The number of carbonyl (C=O) groups is 1. The molecule has 0 saturated heterocycles. The molecule has 0 fully saturated rings. The van der Waals surface area contributed by atoms with E-state index in [9.17, 15) is 4.79 Å². The molecule has 0 spiro atoms. The highest BCUT2D eigenvalue weighted by Gasteiger charge is 2.25. The predicted molar refractivity (Wildman–Crippen MR) is 111 cm³/mol. The molecular weight excluding hydrogens is 356 g/mol. The summed E-state index contributed by atoms with van der Waals surface area (Å²) in [5.74, 6) is 1.04. The lowest BCUT2D eigenvalue weighted by Gasteiger charge is -2.25. The van der Waals surface area contributed by atoms with E-state index in [2.05, 4.69) is 26.8 Å². The molecule has 0 radical (unpaired) electrons. The Labute approximate surface area is 166 Å². The van der Waals surface area contributed by atoms with Crippen molar-refractivity contribution in [2.24, 2.45) is 0 Å². The Balaban J connectivity index is 1.86. The van der Waals surface area contributed by atoms with Crippen molar-refractivity contribution in [3.05, 3.63) is 64.7 Å². The Kier molecular flexibility index (Phi) is 7.11. The van der Waals surface area contributed by atoms with Crippen LogP contribution in [-0.2, 0) is 15.2 Å². The van der Waals surface area contributed by atoms with Gasteiger partial charge in [-0.1, -0.05) is 51.1 Å². The van der Waals surface area contributed by atoms with Crippen molar-refractivity contribution in [2.45, 2.75) is 56.5 Å². The normalized spacial score (nSPS) is 14.6. The van der Waals surface area contributed by atoms with Crippen LogP contribution in [-0.4, -0.2) is 25.3 Å². The summed E-state index contributed by atoms with van der Waals surface area (Å²) in [4.78, 5) is 14.0. The number of hydrogen-bond donors (Lipinski definition) is 0. The average Bonchev–Trinajstić information content (AvgIpc) is 2.84. The quantitative estimate of drug-likeness (QED) is 0.538. The van der Waals surface area contributed by atoms with Gasteiger partial charge in [0.25, 0.3) is 0 Å². The Hall–Kier alpha value is -1.62. The zero-order valence-corrected chi connectivity index (χ0v) is 17.2. The molecule has 27 heavy (non-hydrogen) atoms. The van der Waals surface area contributed by atoms with E-state index in [0.717, 1.165) is 45.7 Å². The zero-order valence-electron chi connectivity index (χ0n) is 16.4. The molecule has 4 heteroatoms. The summed E-state index contributed by atoms with van der Waals surface area (Å²) in [6.07, 6.45) is 1.67. The van der Waals surface area contributed by atoms with Gasteiger partial charge in [0.15, 0.2) is 12.1 Å². The summed E-state index contributed by atoms with van der Waals surface area (Å²) in [6, 6.07) is 14.1. The molecule has 2 aromatic carbocycles. The van der Waals surface area contributed by atoms with Crippen molar-refractivity contribution in [2.75, 3.05) is 13.2 Å².